The van der Waals surface area contributed by atoms with Gasteiger partial charge in [-0.15, -0.1) is 22.7 Å². The first-order chi connectivity index (χ1) is 16.9. The van der Waals surface area contributed by atoms with Crippen LogP contribution in [-0.2, 0) is 17.7 Å². The lowest BCUT2D eigenvalue weighted by molar-refractivity contribution is 0.102. The highest BCUT2D eigenvalue weighted by Crippen LogP contribution is 2.45. The molecule has 2 aromatic carbocycles. The third kappa shape index (κ3) is 4.61. The van der Waals surface area contributed by atoms with Crippen molar-refractivity contribution in [3.63, 3.8) is 0 Å². The number of thiazole rings is 1. The zero-order valence-corrected chi connectivity index (χ0v) is 21.5. The molecule has 0 saturated carbocycles. The van der Waals surface area contributed by atoms with E-state index in [4.69, 9.17) is 9.72 Å². The molecule has 4 aromatic rings. The van der Waals surface area contributed by atoms with E-state index in [2.05, 4.69) is 11.4 Å². The Kier molecular flexibility index (Phi) is 6.44. The fraction of sp³-hybridized carbons (Fsp3) is 0.269. The molecule has 0 aliphatic carbocycles. The fourth-order valence-electron chi connectivity index (χ4n) is 4.15. The molecule has 2 aromatic heterocycles. The maximum atomic E-state index is 13.2. The zero-order valence-electron chi connectivity index (χ0n) is 19.8. The second-order valence-electron chi connectivity index (χ2n) is 8.46. The molecule has 0 radical (unpaired) electrons. The van der Waals surface area contributed by atoms with Gasteiger partial charge in [-0.2, -0.15) is 0 Å². The van der Waals surface area contributed by atoms with E-state index in [0.29, 0.717) is 31.7 Å². The number of carbonyl (C=O) groups is 2. The Morgan fingerprint density at radius 2 is 1.89 bits per heavy atom. The summed E-state index contributed by atoms with van der Waals surface area (Å²) in [5, 5.41) is 4.79. The van der Waals surface area contributed by atoms with Gasteiger partial charge >= 0.3 is 6.09 Å². The zero-order chi connectivity index (χ0) is 24.5. The Bertz CT molecular complexity index is 1360. The predicted molar refractivity (Wildman–Crippen MR) is 143 cm³/mol. The molecule has 5 rings (SSSR count). The number of ether oxygens (including phenoxy) is 1. The number of hydrogen-bond acceptors (Lipinski definition) is 7. The van der Waals surface area contributed by atoms with Crippen LogP contribution >= 0.6 is 22.7 Å². The van der Waals surface area contributed by atoms with E-state index < -0.39 is 0 Å². The van der Waals surface area contributed by atoms with Gasteiger partial charge in [0.25, 0.3) is 5.91 Å². The molecule has 0 bridgehead atoms. The second kappa shape index (κ2) is 9.67. The van der Waals surface area contributed by atoms with Crippen molar-refractivity contribution in [2.24, 2.45) is 0 Å². The van der Waals surface area contributed by atoms with Gasteiger partial charge in [0.2, 0.25) is 0 Å². The average molecular weight is 507 g/mol. The molecule has 1 aliphatic rings. The third-order valence-corrected chi connectivity index (χ3v) is 8.15. The summed E-state index contributed by atoms with van der Waals surface area (Å²) in [7, 11) is 3.93. The Labute approximate surface area is 212 Å². The van der Waals surface area contributed by atoms with Gasteiger partial charge in [-0.3, -0.25) is 4.79 Å². The van der Waals surface area contributed by atoms with E-state index >= 15 is 0 Å². The van der Waals surface area contributed by atoms with E-state index in [-0.39, 0.29) is 12.0 Å². The van der Waals surface area contributed by atoms with Gasteiger partial charge in [0.1, 0.15) is 10.0 Å². The molecular formula is C26H26N4O3S2. The lowest BCUT2D eigenvalue weighted by Gasteiger charge is -2.26. The van der Waals surface area contributed by atoms with Crippen LogP contribution in [0.3, 0.4) is 0 Å². The van der Waals surface area contributed by atoms with Gasteiger partial charge in [0, 0.05) is 42.3 Å². The minimum Gasteiger partial charge on any atom is -0.450 e. The van der Waals surface area contributed by atoms with Gasteiger partial charge in [-0.25, -0.2) is 9.78 Å². The highest BCUT2D eigenvalue weighted by molar-refractivity contribution is 7.23. The molecule has 0 fully saturated rings. The standard InChI is InChI=1S/C26H26N4O3S2/c1-4-33-26(32)30-14-13-18-21(15-30)35-25(22(18)24-27-19-7-5-6-8-20(19)34-24)28-23(31)16-9-11-17(12-10-16)29(2)3/h5-12H,4,13-15H2,1-3H3,(H,28,31). The van der Waals surface area contributed by atoms with Crippen molar-refractivity contribution in [2.45, 2.75) is 19.9 Å². The van der Waals surface area contributed by atoms with E-state index in [0.717, 1.165) is 41.9 Å². The predicted octanol–water partition coefficient (Wildman–Crippen LogP) is 5.86. The van der Waals surface area contributed by atoms with Crippen molar-refractivity contribution >= 4 is 55.6 Å². The molecule has 1 aliphatic heterocycles. The van der Waals surface area contributed by atoms with Crippen molar-refractivity contribution < 1.29 is 14.3 Å². The number of anilines is 2. The fourth-order valence-corrected chi connectivity index (χ4v) is 6.52. The van der Waals surface area contributed by atoms with Crippen LogP contribution < -0.4 is 10.2 Å². The summed E-state index contributed by atoms with van der Waals surface area (Å²) >= 11 is 3.13. The van der Waals surface area contributed by atoms with E-state index in [9.17, 15) is 9.59 Å². The van der Waals surface area contributed by atoms with Crippen LogP contribution in [0.2, 0.25) is 0 Å². The van der Waals surface area contributed by atoms with Gasteiger partial charge in [-0.1, -0.05) is 12.1 Å². The highest BCUT2D eigenvalue weighted by Gasteiger charge is 2.30. The largest absolute Gasteiger partial charge is 0.450 e. The molecule has 2 amide bonds. The molecule has 9 heteroatoms. The van der Waals surface area contributed by atoms with Gasteiger partial charge in [-0.05, 0) is 55.3 Å². The molecular weight excluding hydrogens is 480 g/mol. The van der Waals surface area contributed by atoms with Gasteiger partial charge < -0.3 is 19.9 Å². The number of hydrogen-bond donors (Lipinski definition) is 1. The van der Waals surface area contributed by atoms with Crippen molar-refractivity contribution in [1.29, 1.82) is 0 Å². The summed E-state index contributed by atoms with van der Waals surface area (Å²) in [5.41, 5.74) is 4.67. The Morgan fingerprint density at radius 3 is 2.60 bits per heavy atom. The van der Waals surface area contributed by atoms with E-state index in [1.54, 1.807) is 16.2 Å². The summed E-state index contributed by atoms with van der Waals surface area (Å²) in [6.07, 6.45) is 0.378. The number of fused-ring (bicyclic) bond motifs is 2. The molecule has 0 saturated heterocycles. The van der Waals surface area contributed by atoms with Gasteiger partial charge in [0.05, 0.1) is 23.4 Å². The number of amides is 2. The van der Waals surface area contributed by atoms with Crippen molar-refractivity contribution in [3.05, 3.63) is 64.5 Å². The van der Waals surface area contributed by atoms with Crippen molar-refractivity contribution in [1.82, 2.24) is 9.88 Å². The monoisotopic (exact) mass is 506 g/mol. The molecule has 1 N–H and O–H groups in total. The van der Waals surface area contributed by atoms with E-state index in [1.165, 1.54) is 11.3 Å². The number of aromatic nitrogens is 1. The summed E-state index contributed by atoms with van der Waals surface area (Å²) in [6.45, 7) is 3.18. The minimum absolute atomic E-state index is 0.168. The highest BCUT2D eigenvalue weighted by atomic mass is 32.1. The summed E-state index contributed by atoms with van der Waals surface area (Å²) < 4.78 is 6.31. The second-order valence-corrected chi connectivity index (χ2v) is 10.6. The smallest absolute Gasteiger partial charge is 0.410 e. The molecule has 180 valence electrons. The summed E-state index contributed by atoms with van der Waals surface area (Å²) in [5.74, 6) is -0.168. The topological polar surface area (TPSA) is 74.8 Å². The number of thiophene rings is 1. The lowest BCUT2D eigenvalue weighted by atomic mass is 10.0. The normalized spacial score (nSPS) is 12.9. The van der Waals surface area contributed by atoms with Crippen LogP contribution in [0.15, 0.2) is 48.5 Å². The summed E-state index contributed by atoms with van der Waals surface area (Å²) in [4.78, 5) is 35.2. The Hall–Kier alpha value is -3.43. The average Bonchev–Trinajstić information content (AvgIpc) is 3.44. The molecule has 0 spiro atoms. The van der Waals surface area contributed by atoms with Crippen molar-refractivity contribution in [3.8, 4) is 10.6 Å². The van der Waals surface area contributed by atoms with Crippen molar-refractivity contribution in [2.75, 3.05) is 37.5 Å². The molecule has 0 atom stereocenters. The first-order valence-corrected chi connectivity index (χ1v) is 13.1. The minimum atomic E-state index is -0.306. The first kappa shape index (κ1) is 23.3. The quantitative estimate of drug-likeness (QED) is 0.367. The lowest BCUT2D eigenvalue weighted by Crippen LogP contribution is -2.35. The number of carbonyl (C=O) groups excluding carboxylic acids is 2. The third-order valence-electron chi connectivity index (χ3n) is 5.96. The maximum absolute atomic E-state index is 13.2. The Balaban J connectivity index is 1.52. The molecule has 7 nitrogen and oxygen atoms in total. The summed E-state index contributed by atoms with van der Waals surface area (Å²) in [6, 6.07) is 15.6. The van der Waals surface area contributed by atoms with Crippen LogP contribution in [0.5, 0.6) is 0 Å². The number of para-hydroxylation sites is 1. The Morgan fingerprint density at radius 1 is 1.11 bits per heavy atom. The van der Waals surface area contributed by atoms with Crippen LogP contribution in [-0.4, -0.2) is 49.1 Å². The first-order valence-electron chi connectivity index (χ1n) is 11.5. The molecule has 3 heterocycles. The van der Waals surface area contributed by atoms with Crippen LogP contribution in [0.4, 0.5) is 15.5 Å². The number of rotatable bonds is 5. The van der Waals surface area contributed by atoms with Crippen LogP contribution in [0.1, 0.15) is 27.7 Å². The van der Waals surface area contributed by atoms with Crippen LogP contribution in [0.25, 0.3) is 20.8 Å². The maximum Gasteiger partial charge on any atom is 0.410 e. The van der Waals surface area contributed by atoms with Crippen LogP contribution in [0, 0.1) is 0 Å². The van der Waals surface area contributed by atoms with Gasteiger partial charge in [0.15, 0.2) is 0 Å². The molecule has 0 unspecified atom stereocenters. The number of benzene rings is 2. The number of nitrogens with zero attached hydrogens (tertiary/aromatic N) is 3. The van der Waals surface area contributed by atoms with E-state index in [1.807, 2.05) is 68.4 Å². The molecule has 35 heavy (non-hydrogen) atoms. The SMILES string of the molecule is CCOC(=O)N1CCc2c(sc(NC(=O)c3ccc(N(C)C)cc3)c2-c2nc3ccccc3s2)C1. The number of nitrogens with one attached hydrogen (secondary N) is 1.